The van der Waals surface area contributed by atoms with Crippen molar-refractivity contribution < 1.29 is 17.9 Å². The molecule has 0 aromatic heterocycles. The standard InChI is InChI=1S/C11H14F3NO/c1-2-7-15-9-5-3-4-6-10(9)16-8-11(12,13)14/h3-6,15H,2,7-8H2,1H3. The molecule has 0 unspecified atom stereocenters. The summed E-state index contributed by atoms with van der Waals surface area (Å²) in [5.41, 5.74) is 0.591. The third kappa shape index (κ3) is 4.42. The van der Waals surface area contributed by atoms with Gasteiger partial charge in [-0.15, -0.1) is 0 Å². The van der Waals surface area contributed by atoms with Crippen LogP contribution < -0.4 is 10.1 Å². The van der Waals surface area contributed by atoms with E-state index in [9.17, 15) is 13.2 Å². The summed E-state index contributed by atoms with van der Waals surface area (Å²) in [5.74, 6) is 0.230. The zero-order chi connectivity index (χ0) is 12.0. The molecular formula is C11H14F3NO. The van der Waals surface area contributed by atoms with Crippen LogP contribution in [-0.4, -0.2) is 19.3 Å². The predicted octanol–water partition coefficient (Wildman–Crippen LogP) is 3.45. The van der Waals surface area contributed by atoms with Crippen molar-refractivity contribution in [3.05, 3.63) is 24.3 Å². The van der Waals surface area contributed by atoms with E-state index in [2.05, 4.69) is 5.32 Å². The minimum absolute atomic E-state index is 0.230. The zero-order valence-electron chi connectivity index (χ0n) is 8.97. The van der Waals surface area contributed by atoms with E-state index >= 15 is 0 Å². The summed E-state index contributed by atoms with van der Waals surface area (Å²) in [4.78, 5) is 0. The van der Waals surface area contributed by atoms with Gasteiger partial charge >= 0.3 is 6.18 Å². The SMILES string of the molecule is CCCNc1ccccc1OCC(F)(F)F. The lowest BCUT2D eigenvalue weighted by Gasteiger charge is -2.13. The van der Waals surface area contributed by atoms with Gasteiger partial charge in [0.1, 0.15) is 5.75 Å². The number of halogens is 3. The number of hydrogen-bond acceptors (Lipinski definition) is 2. The highest BCUT2D eigenvalue weighted by molar-refractivity contribution is 5.56. The lowest BCUT2D eigenvalue weighted by molar-refractivity contribution is -0.153. The van der Waals surface area contributed by atoms with E-state index in [-0.39, 0.29) is 5.75 Å². The largest absolute Gasteiger partial charge is 0.482 e. The second-order valence-corrected chi connectivity index (χ2v) is 3.33. The maximum Gasteiger partial charge on any atom is 0.422 e. The Hall–Kier alpha value is -1.39. The third-order valence-corrected chi connectivity index (χ3v) is 1.84. The van der Waals surface area contributed by atoms with Gasteiger partial charge in [-0.2, -0.15) is 13.2 Å². The molecule has 0 heterocycles. The highest BCUT2D eigenvalue weighted by Crippen LogP contribution is 2.26. The molecule has 0 saturated carbocycles. The van der Waals surface area contributed by atoms with Crippen LogP contribution in [0.15, 0.2) is 24.3 Å². The van der Waals surface area contributed by atoms with Crippen molar-refractivity contribution in [2.24, 2.45) is 0 Å². The van der Waals surface area contributed by atoms with E-state index in [1.165, 1.54) is 6.07 Å². The monoisotopic (exact) mass is 233 g/mol. The third-order valence-electron chi connectivity index (χ3n) is 1.84. The maximum atomic E-state index is 12.0. The first-order valence-electron chi connectivity index (χ1n) is 5.05. The molecule has 0 fully saturated rings. The molecule has 90 valence electrons. The van der Waals surface area contributed by atoms with E-state index in [0.717, 1.165) is 6.42 Å². The Kier molecular flexibility index (Phi) is 4.46. The van der Waals surface area contributed by atoms with Crippen molar-refractivity contribution in [1.29, 1.82) is 0 Å². The molecule has 5 heteroatoms. The van der Waals surface area contributed by atoms with Crippen LogP contribution in [0.25, 0.3) is 0 Å². The molecule has 1 aromatic carbocycles. The average molecular weight is 233 g/mol. The molecule has 1 aromatic rings. The lowest BCUT2D eigenvalue weighted by atomic mass is 10.3. The Bertz CT molecular complexity index is 325. The minimum atomic E-state index is -4.31. The number of ether oxygens (including phenoxy) is 1. The molecule has 0 radical (unpaired) electrons. The van der Waals surface area contributed by atoms with Gasteiger partial charge in [-0.3, -0.25) is 0 Å². The maximum absolute atomic E-state index is 12.0. The fourth-order valence-corrected chi connectivity index (χ4v) is 1.16. The Morgan fingerprint density at radius 3 is 2.56 bits per heavy atom. The average Bonchev–Trinajstić information content (AvgIpc) is 2.23. The summed E-state index contributed by atoms with van der Waals surface area (Å²) in [5, 5.41) is 3.01. The van der Waals surface area contributed by atoms with Crippen LogP contribution >= 0.6 is 0 Å². The molecule has 0 aliphatic rings. The van der Waals surface area contributed by atoms with Gasteiger partial charge in [-0.25, -0.2) is 0 Å². The molecule has 0 atom stereocenters. The van der Waals surface area contributed by atoms with Gasteiger partial charge in [0.15, 0.2) is 6.61 Å². The lowest BCUT2D eigenvalue weighted by Crippen LogP contribution is -2.19. The molecule has 0 amide bonds. The molecule has 0 saturated heterocycles. The van der Waals surface area contributed by atoms with Crippen LogP contribution in [-0.2, 0) is 0 Å². The fraction of sp³-hybridized carbons (Fsp3) is 0.455. The minimum Gasteiger partial charge on any atom is -0.482 e. The molecule has 0 bridgehead atoms. The summed E-state index contributed by atoms with van der Waals surface area (Å²) in [7, 11) is 0. The summed E-state index contributed by atoms with van der Waals surface area (Å²) in [6.07, 6.45) is -3.41. The van der Waals surface area contributed by atoms with Crippen molar-refractivity contribution in [3.63, 3.8) is 0 Å². The number of hydrogen-bond donors (Lipinski definition) is 1. The number of alkyl halides is 3. The van der Waals surface area contributed by atoms with Crippen LogP contribution in [0.3, 0.4) is 0 Å². The van der Waals surface area contributed by atoms with E-state index in [4.69, 9.17) is 4.74 Å². The van der Waals surface area contributed by atoms with Crippen molar-refractivity contribution in [3.8, 4) is 5.75 Å². The normalized spacial score (nSPS) is 11.2. The summed E-state index contributed by atoms with van der Waals surface area (Å²) >= 11 is 0. The van der Waals surface area contributed by atoms with E-state index < -0.39 is 12.8 Å². The number of benzene rings is 1. The highest BCUT2D eigenvalue weighted by atomic mass is 19.4. The first kappa shape index (κ1) is 12.7. The molecule has 2 nitrogen and oxygen atoms in total. The molecule has 1 N–H and O–H groups in total. The Balaban J connectivity index is 2.63. The van der Waals surface area contributed by atoms with Crippen LogP contribution in [0.5, 0.6) is 5.75 Å². The smallest absolute Gasteiger partial charge is 0.422 e. The first-order valence-corrected chi connectivity index (χ1v) is 5.05. The van der Waals surface area contributed by atoms with E-state index in [1.54, 1.807) is 18.2 Å². The van der Waals surface area contributed by atoms with Crippen LogP contribution in [0.4, 0.5) is 18.9 Å². The van der Waals surface area contributed by atoms with Crippen LogP contribution in [0, 0.1) is 0 Å². The first-order chi connectivity index (χ1) is 7.53. The van der Waals surface area contributed by atoms with Gasteiger partial charge in [0.05, 0.1) is 5.69 Å². The van der Waals surface area contributed by atoms with Gasteiger partial charge < -0.3 is 10.1 Å². The predicted molar refractivity (Wildman–Crippen MR) is 56.8 cm³/mol. The summed E-state index contributed by atoms with van der Waals surface area (Å²) < 4.78 is 40.6. The second kappa shape index (κ2) is 5.63. The molecule has 16 heavy (non-hydrogen) atoms. The van der Waals surface area contributed by atoms with Crippen molar-refractivity contribution >= 4 is 5.69 Å². The van der Waals surface area contributed by atoms with Gasteiger partial charge in [0.2, 0.25) is 0 Å². The number of nitrogens with one attached hydrogen (secondary N) is 1. The van der Waals surface area contributed by atoms with Crippen LogP contribution in [0.1, 0.15) is 13.3 Å². The van der Waals surface area contributed by atoms with Crippen molar-refractivity contribution in [2.45, 2.75) is 19.5 Å². The molecular weight excluding hydrogens is 219 g/mol. The molecule has 0 aliphatic carbocycles. The van der Waals surface area contributed by atoms with Gasteiger partial charge in [-0.05, 0) is 18.6 Å². The fourth-order valence-electron chi connectivity index (χ4n) is 1.16. The van der Waals surface area contributed by atoms with Gasteiger partial charge in [-0.1, -0.05) is 19.1 Å². The van der Waals surface area contributed by atoms with Gasteiger partial charge in [0.25, 0.3) is 0 Å². The van der Waals surface area contributed by atoms with Crippen LogP contribution in [0.2, 0.25) is 0 Å². The summed E-state index contributed by atoms with van der Waals surface area (Å²) in [6, 6.07) is 6.60. The summed E-state index contributed by atoms with van der Waals surface area (Å²) in [6.45, 7) is 1.41. The topological polar surface area (TPSA) is 21.3 Å². The molecule has 0 aliphatic heterocycles. The number of rotatable bonds is 5. The zero-order valence-corrected chi connectivity index (χ0v) is 8.97. The second-order valence-electron chi connectivity index (χ2n) is 3.33. The Labute approximate surface area is 92.4 Å². The number of anilines is 1. The molecule has 1 rings (SSSR count). The highest BCUT2D eigenvalue weighted by Gasteiger charge is 2.28. The van der Waals surface area contributed by atoms with E-state index in [1.807, 2.05) is 6.92 Å². The quantitative estimate of drug-likeness (QED) is 0.841. The van der Waals surface area contributed by atoms with Gasteiger partial charge in [0, 0.05) is 6.54 Å². The molecule has 0 spiro atoms. The Morgan fingerprint density at radius 2 is 1.94 bits per heavy atom. The van der Waals surface area contributed by atoms with Crippen molar-refractivity contribution in [1.82, 2.24) is 0 Å². The van der Waals surface area contributed by atoms with E-state index in [0.29, 0.717) is 12.2 Å². The van der Waals surface area contributed by atoms with Crippen molar-refractivity contribution in [2.75, 3.05) is 18.5 Å². The Morgan fingerprint density at radius 1 is 1.25 bits per heavy atom. The number of para-hydroxylation sites is 2.